The van der Waals surface area contributed by atoms with Gasteiger partial charge in [0.15, 0.2) is 0 Å². The molecule has 1 aliphatic rings. The average molecular weight is 186 g/mol. The highest BCUT2D eigenvalue weighted by Crippen LogP contribution is 1.99. The van der Waals surface area contributed by atoms with Crippen molar-refractivity contribution in [3.05, 3.63) is 0 Å². The molecule has 0 spiro atoms. The Labute approximate surface area is 81.4 Å². The largest absolute Gasteiger partial charge is 0.380 e. The van der Waals surface area contributed by atoms with Gasteiger partial charge < -0.3 is 10.1 Å². The molecule has 0 bridgehead atoms. The number of hydrogen-bond acceptors (Lipinski definition) is 3. The molecule has 13 heavy (non-hydrogen) atoms. The summed E-state index contributed by atoms with van der Waals surface area (Å²) in [5, 5.41) is 3.48. The van der Waals surface area contributed by atoms with Crippen LogP contribution in [-0.4, -0.2) is 50.3 Å². The molecular formula is C10H22N2O. The zero-order valence-electron chi connectivity index (χ0n) is 8.88. The van der Waals surface area contributed by atoms with Crippen LogP contribution in [0.15, 0.2) is 0 Å². The van der Waals surface area contributed by atoms with Gasteiger partial charge in [0.05, 0.1) is 6.61 Å². The minimum absolute atomic E-state index is 0.629. The SMILES string of the molecule is CCOCCN1CCCNC(C)C1. The fourth-order valence-electron chi connectivity index (χ4n) is 1.74. The van der Waals surface area contributed by atoms with Crippen molar-refractivity contribution in [2.24, 2.45) is 0 Å². The molecule has 1 unspecified atom stereocenters. The normalized spacial score (nSPS) is 25.8. The van der Waals surface area contributed by atoms with Crippen LogP contribution in [0.1, 0.15) is 20.3 Å². The number of nitrogens with one attached hydrogen (secondary N) is 1. The molecule has 0 saturated carbocycles. The highest BCUT2D eigenvalue weighted by atomic mass is 16.5. The van der Waals surface area contributed by atoms with Crippen molar-refractivity contribution in [3.63, 3.8) is 0 Å². The zero-order chi connectivity index (χ0) is 9.52. The van der Waals surface area contributed by atoms with E-state index in [2.05, 4.69) is 17.1 Å². The zero-order valence-corrected chi connectivity index (χ0v) is 8.88. The van der Waals surface area contributed by atoms with Crippen molar-refractivity contribution in [2.45, 2.75) is 26.3 Å². The van der Waals surface area contributed by atoms with Gasteiger partial charge in [-0.3, -0.25) is 4.90 Å². The molecule has 1 saturated heterocycles. The summed E-state index contributed by atoms with van der Waals surface area (Å²) in [5.41, 5.74) is 0. The number of rotatable bonds is 4. The molecule has 78 valence electrons. The van der Waals surface area contributed by atoms with E-state index in [9.17, 15) is 0 Å². The fraction of sp³-hybridized carbons (Fsp3) is 1.00. The molecule has 1 heterocycles. The third kappa shape index (κ3) is 4.60. The minimum atomic E-state index is 0.629. The number of ether oxygens (including phenoxy) is 1. The summed E-state index contributed by atoms with van der Waals surface area (Å²) >= 11 is 0. The summed E-state index contributed by atoms with van der Waals surface area (Å²) in [4.78, 5) is 2.49. The van der Waals surface area contributed by atoms with Crippen LogP contribution >= 0.6 is 0 Å². The highest BCUT2D eigenvalue weighted by Gasteiger charge is 2.12. The molecule has 0 radical (unpaired) electrons. The molecule has 1 atom stereocenters. The Hall–Kier alpha value is -0.120. The number of nitrogens with zero attached hydrogens (tertiary/aromatic N) is 1. The molecule has 3 heteroatoms. The van der Waals surface area contributed by atoms with Crippen LogP contribution in [-0.2, 0) is 4.74 Å². The molecule has 0 aromatic heterocycles. The second-order valence-corrected chi connectivity index (χ2v) is 3.71. The maximum Gasteiger partial charge on any atom is 0.0593 e. The van der Waals surface area contributed by atoms with Gasteiger partial charge in [-0.15, -0.1) is 0 Å². The van der Waals surface area contributed by atoms with Crippen LogP contribution in [0.25, 0.3) is 0 Å². The molecular weight excluding hydrogens is 164 g/mol. The van der Waals surface area contributed by atoms with Crippen molar-refractivity contribution in [1.29, 1.82) is 0 Å². The quantitative estimate of drug-likeness (QED) is 0.654. The molecule has 3 nitrogen and oxygen atoms in total. The van der Waals surface area contributed by atoms with E-state index in [0.29, 0.717) is 6.04 Å². The molecule has 1 aliphatic heterocycles. The maximum absolute atomic E-state index is 5.35. The molecule has 0 aliphatic carbocycles. The summed E-state index contributed by atoms with van der Waals surface area (Å²) in [6.07, 6.45) is 1.26. The van der Waals surface area contributed by atoms with Gasteiger partial charge in [0.25, 0.3) is 0 Å². The fourth-order valence-corrected chi connectivity index (χ4v) is 1.74. The Balaban J connectivity index is 2.15. The molecule has 1 rings (SSSR count). The average Bonchev–Trinajstić information content (AvgIpc) is 2.31. The van der Waals surface area contributed by atoms with E-state index in [1.54, 1.807) is 0 Å². The van der Waals surface area contributed by atoms with Crippen LogP contribution in [0.4, 0.5) is 0 Å². The molecule has 0 aromatic carbocycles. The van der Waals surface area contributed by atoms with E-state index < -0.39 is 0 Å². The third-order valence-electron chi connectivity index (χ3n) is 2.43. The van der Waals surface area contributed by atoms with Gasteiger partial charge in [0.1, 0.15) is 0 Å². The second-order valence-electron chi connectivity index (χ2n) is 3.71. The van der Waals surface area contributed by atoms with Gasteiger partial charge in [-0.25, -0.2) is 0 Å². The Morgan fingerprint density at radius 1 is 1.54 bits per heavy atom. The van der Waals surface area contributed by atoms with Gasteiger partial charge in [-0.05, 0) is 33.4 Å². The molecule has 1 fully saturated rings. The lowest BCUT2D eigenvalue weighted by Crippen LogP contribution is -2.36. The first-order valence-corrected chi connectivity index (χ1v) is 5.36. The lowest BCUT2D eigenvalue weighted by atomic mass is 10.3. The molecule has 0 amide bonds. The van der Waals surface area contributed by atoms with E-state index in [4.69, 9.17) is 4.74 Å². The van der Waals surface area contributed by atoms with Crippen LogP contribution in [0.3, 0.4) is 0 Å². The smallest absolute Gasteiger partial charge is 0.0593 e. The number of hydrogen-bond donors (Lipinski definition) is 1. The topological polar surface area (TPSA) is 24.5 Å². The van der Waals surface area contributed by atoms with Crippen LogP contribution in [0, 0.1) is 0 Å². The van der Waals surface area contributed by atoms with Gasteiger partial charge in [0, 0.05) is 25.7 Å². The Bertz CT molecular complexity index is 130. The summed E-state index contributed by atoms with van der Waals surface area (Å²) in [6.45, 7) is 10.6. The first-order valence-electron chi connectivity index (χ1n) is 5.36. The van der Waals surface area contributed by atoms with E-state index >= 15 is 0 Å². The Morgan fingerprint density at radius 3 is 3.15 bits per heavy atom. The van der Waals surface area contributed by atoms with E-state index in [1.807, 2.05) is 6.92 Å². The van der Waals surface area contributed by atoms with E-state index in [1.165, 1.54) is 13.0 Å². The maximum atomic E-state index is 5.35. The highest BCUT2D eigenvalue weighted by molar-refractivity contribution is 4.72. The van der Waals surface area contributed by atoms with Gasteiger partial charge in [-0.1, -0.05) is 0 Å². The Kier molecular flexibility index (Phi) is 5.35. The van der Waals surface area contributed by atoms with Crippen molar-refractivity contribution in [2.75, 3.05) is 39.4 Å². The predicted molar refractivity (Wildman–Crippen MR) is 55.0 cm³/mol. The molecule has 1 N–H and O–H groups in total. The standard InChI is InChI=1S/C10H22N2O/c1-3-13-8-7-12-6-4-5-11-10(2)9-12/h10-11H,3-9H2,1-2H3. The molecule has 0 aromatic rings. The second kappa shape index (κ2) is 6.35. The predicted octanol–water partition coefficient (Wildman–Crippen LogP) is 0.707. The van der Waals surface area contributed by atoms with Crippen molar-refractivity contribution < 1.29 is 4.74 Å². The summed E-state index contributed by atoms with van der Waals surface area (Å²) in [6, 6.07) is 0.629. The minimum Gasteiger partial charge on any atom is -0.380 e. The van der Waals surface area contributed by atoms with Crippen LogP contribution in [0.5, 0.6) is 0 Å². The van der Waals surface area contributed by atoms with Gasteiger partial charge >= 0.3 is 0 Å². The van der Waals surface area contributed by atoms with Crippen LogP contribution < -0.4 is 5.32 Å². The first kappa shape index (κ1) is 11.0. The third-order valence-corrected chi connectivity index (χ3v) is 2.43. The lowest BCUT2D eigenvalue weighted by molar-refractivity contribution is 0.113. The first-order chi connectivity index (χ1) is 6.33. The van der Waals surface area contributed by atoms with Crippen LogP contribution in [0.2, 0.25) is 0 Å². The van der Waals surface area contributed by atoms with E-state index in [-0.39, 0.29) is 0 Å². The summed E-state index contributed by atoms with van der Waals surface area (Å²) in [5.74, 6) is 0. The summed E-state index contributed by atoms with van der Waals surface area (Å²) in [7, 11) is 0. The summed E-state index contributed by atoms with van der Waals surface area (Å²) < 4.78 is 5.35. The Morgan fingerprint density at radius 2 is 2.38 bits per heavy atom. The van der Waals surface area contributed by atoms with Crippen molar-refractivity contribution in [3.8, 4) is 0 Å². The monoisotopic (exact) mass is 186 g/mol. The van der Waals surface area contributed by atoms with Gasteiger partial charge in [-0.2, -0.15) is 0 Å². The van der Waals surface area contributed by atoms with Gasteiger partial charge in [0.2, 0.25) is 0 Å². The lowest BCUT2D eigenvalue weighted by Gasteiger charge is -2.21. The van der Waals surface area contributed by atoms with Crippen molar-refractivity contribution in [1.82, 2.24) is 10.2 Å². The van der Waals surface area contributed by atoms with E-state index in [0.717, 1.165) is 32.8 Å². The van der Waals surface area contributed by atoms with Crippen molar-refractivity contribution >= 4 is 0 Å².